The number of nitrogens with one attached hydrogen (secondary N) is 2. The van der Waals surface area contributed by atoms with Crippen molar-refractivity contribution in [3.8, 4) is 5.75 Å². The first kappa shape index (κ1) is 19.9. The van der Waals surface area contributed by atoms with Gasteiger partial charge in [-0.15, -0.1) is 0 Å². The molecule has 1 saturated heterocycles. The third-order valence-corrected chi connectivity index (χ3v) is 4.74. The maximum Gasteiger partial charge on any atom is 0.191 e. The molecule has 0 spiro atoms. The molecule has 0 aliphatic carbocycles. The number of halogens is 1. The second kappa shape index (κ2) is 9.92. The maximum atomic E-state index is 13.9. The van der Waals surface area contributed by atoms with Crippen LogP contribution in [0.25, 0.3) is 0 Å². The minimum Gasteiger partial charge on any atom is -0.508 e. The number of hydrogen-bond donors (Lipinski definition) is 3. The van der Waals surface area contributed by atoms with Gasteiger partial charge in [-0.25, -0.2) is 9.37 Å². The minimum atomic E-state index is -0.280. The predicted octanol–water partition coefficient (Wildman–Crippen LogP) is 2.69. The predicted molar refractivity (Wildman–Crippen MR) is 110 cm³/mol. The number of aromatic hydroxyl groups is 1. The quantitative estimate of drug-likeness (QED) is 0.388. The molecule has 150 valence electrons. The fraction of sp³-hybridized carbons (Fsp3) is 0.429. The van der Waals surface area contributed by atoms with Crippen LogP contribution in [0.4, 0.5) is 10.2 Å². The van der Waals surface area contributed by atoms with Crippen LogP contribution >= 0.6 is 0 Å². The van der Waals surface area contributed by atoms with Gasteiger partial charge in [0.15, 0.2) is 17.6 Å². The molecule has 1 atom stereocenters. The Balaban J connectivity index is 1.49. The molecular weight excluding hydrogens is 357 g/mol. The molecule has 3 rings (SSSR count). The van der Waals surface area contributed by atoms with E-state index in [9.17, 15) is 9.50 Å². The van der Waals surface area contributed by atoms with Gasteiger partial charge >= 0.3 is 0 Å². The number of phenols is 1. The monoisotopic (exact) mass is 385 g/mol. The van der Waals surface area contributed by atoms with E-state index in [-0.39, 0.29) is 17.6 Å². The molecule has 6 nitrogen and oxygen atoms in total. The van der Waals surface area contributed by atoms with E-state index in [4.69, 9.17) is 0 Å². The van der Waals surface area contributed by atoms with E-state index in [1.807, 2.05) is 24.0 Å². The van der Waals surface area contributed by atoms with Gasteiger partial charge in [0, 0.05) is 38.4 Å². The summed E-state index contributed by atoms with van der Waals surface area (Å²) < 4.78 is 13.9. The molecule has 1 aromatic heterocycles. The number of hydrogen-bond acceptors (Lipinski definition) is 4. The van der Waals surface area contributed by atoms with Crippen LogP contribution in [-0.2, 0) is 6.42 Å². The van der Waals surface area contributed by atoms with Gasteiger partial charge in [0.25, 0.3) is 0 Å². The molecule has 1 aliphatic rings. The molecule has 2 aromatic rings. The third-order valence-electron chi connectivity index (χ3n) is 4.74. The van der Waals surface area contributed by atoms with Gasteiger partial charge in [-0.2, -0.15) is 0 Å². The lowest BCUT2D eigenvalue weighted by atomic mass is 10.1. The van der Waals surface area contributed by atoms with Crippen molar-refractivity contribution in [2.45, 2.75) is 32.2 Å². The molecule has 7 heteroatoms. The molecular formula is C21H28FN5O. The van der Waals surface area contributed by atoms with Crippen LogP contribution < -0.4 is 15.5 Å². The van der Waals surface area contributed by atoms with Gasteiger partial charge < -0.3 is 20.6 Å². The molecule has 0 radical (unpaired) electrons. The first-order chi connectivity index (χ1) is 13.7. The number of guanidine groups is 1. The van der Waals surface area contributed by atoms with E-state index in [1.54, 1.807) is 24.4 Å². The molecule has 0 amide bonds. The van der Waals surface area contributed by atoms with Crippen molar-refractivity contribution in [3.63, 3.8) is 0 Å². The van der Waals surface area contributed by atoms with Gasteiger partial charge in [0.05, 0.1) is 0 Å². The lowest BCUT2D eigenvalue weighted by Crippen LogP contribution is -2.44. The Morgan fingerprint density at radius 2 is 2.14 bits per heavy atom. The van der Waals surface area contributed by atoms with Crippen LogP contribution in [0.2, 0.25) is 0 Å². The van der Waals surface area contributed by atoms with Gasteiger partial charge in [0.1, 0.15) is 5.75 Å². The largest absolute Gasteiger partial charge is 0.508 e. The zero-order chi connectivity index (χ0) is 19.8. The van der Waals surface area contributed by atoms with Gasteiger partial charge in [0.2, 0.25) is 0 Å². The maximum absolute atomic E-state index is 13.9. The highest BCUT2D eigenvalue weighted by Gasteiger charge is 2.25. The number of anilines is 1. The standard InChI is InChI=1S/C21H28FN5O/c1-2-23-21(25-13-3-5-16-7-9-18(28)10-8-16)26-17-11-14-27(15-17)20-19(22)6-4-12-24-20/h4,6-10,12,17,28H,2-3,5,11,13-15H2,1H3,(H2,23,25,26). The van der Waals surface area contributed by atoms with E-state index >= 15 is 0 Å². The third kappa shape index (κ3) is 5.58. The van der Waals surface area contributed by atoms with E-state index in [0.29, 0.717) is 18.9 Å². The van der Waals surface area contributed by atoms with Crippen LogP contribution in [0.1, 0.15) is 25.3 Å². The highest BCUT2D eigenvalue weighted by atomic mass is 19.1. The topological polar surface area (TPSA) is 72.8 Å². The van der Waals surface area contributed by atoms with Crippen molar-refractivity contribution in [3.05, 3.63) is 54.0 Å². The number of rotatable bonds is 7. The number of aryl methyl sites for hydroxylation is 1. The highest BCUT2D eigenvalue weighted by molar-refractivity contribution is 5.80. The van der Waals surface area contributed by atoms with Crippen LogP contribution in [0.5, 0.6) is 5.75 Å². The van der Waals surface area contributed by atoms with E-state index < -0.39 is 0 Å². The average Bonchev–Trinajstić information content (AvgIpc) is 3.15. The Bertz CT molecular complexity index is 781. The normalized spacial score (nSPS) is 17.0. The molecule has 3 N–H and O–H groups in total. The lowest BCUT2D eigenvalue weighted by Gasteiger charge is -2.20. The van der Waals surface area contributed by atoms with E-state index in [2.05, 4.69) is 20.6 Å². The zero-order valence-corrected chi connectivity index (χ0v) is 16.2. The second-order valence-corrected chi connectivity index (χ2v) is 6.92. The molecule has 1 fully saturated rings. The van der Waals surface area contributed by atoms with Crippen molar-refractivity contribution in [2.24, 2.45) is 4.99 Å². The van der Waals surface area contributed by atoms with Crippen LogP contribution in [0, 0.1) is 5.82 Å². The molecule has 1 unspecified atom stereocenters. The van der Waals surface area contributed by atoms with Crippen molar-refractivity contribution < 1.29 is 9.50 Å². The van der Waals surface area contributed by atoms with Gasteiger partial charge in [-0.1, -0.05) is 12.1 Å². The Morgan fingerprint density at radius 1 is 1.32 bits per heavy atom. The number of phenolic OH excluding ortho intramolecular Hbond substituents is 1. The number of benzene rings is 1. The fourth-order valence-corrected chi connectivity index (χ4v) is 3.33. The van der Waals surface area contributed by atoms with Crippen molar-refractivity contribution in [2.75, 3.05) is 31.1 Å². The average molecular weight is 385 g/mol. The summed E-state index contributed by atoms with van der Waals surface area (Å²) in [6, 6.07) is 10.6. The second-order valence-electron chi connectivity index (χ2n) is 6.92. The minimum absolute atomic E-state index is 0.205. The Hall–Kier alpha value is -2.83. The summed E-state index contributed by atoms with van der Waals surface area (Å²) in [5, 5.41) is 16.1. The smallest absolute Gasteiger partial charge is 0.191 e. The van der Waals surface area contributed by atoms with Crippen molar-refractivity contribution in [1.82, 2.24) is 15.6 Å². The summed E-state index contributed by atoms with van der Waals surface area (Å²) in [6.45, 7) is 5.01. The fourth-order valence-electron chi connectivity index (χ4n) is 3.33. The van der Waals surface area contributed by atoms with Crippen molar-refractivity contribution in [1.29, 1.82) is 0 Å². The molecule has 2 heterocycles. The highest BCUT2D eigenvalue weighted by Crippen LogP contribution is 2.20. The van der Waals surface area contributed by atoms with Gasteiger partial charge in [-0.05, 0) is 56.0 Å². The summed E-state index contributed by atoms with van der Waals surface area (Å²) in [5.74, 6) is 1.22. The molecule has 0 saturated carbocycles. The SMILES string of the molecule is CCNC(=NCCCc1ccc(O)cc1)NC1CCN(c2ncccc2F)C1. The molecule has 1 aliphatic heterocycles. The molecule has 28 heavy (non-hydrogen) atoms. The van der Waals surface area contributed by atoms with E-state index in [1.165, 1.54) is 11.6 Å². The molecule has 0 bridgehead atoms. The summed E-state index contributed by atoms with van der Waals surface area (Å²) in [6.07, 6.45) is 4.38. The first-order valence-electron chi connectivity index (χ1n) is 9.84. The summed E-state index contributed by atoms with van der Waals surface area (Å²) in [5.41, 5.74) is 1.19. The summed E-state index contributed by atoms with van der Waals surface area (Å²) in [7, 11) is 0. The first-order valence-corrected chi connectivity index (χ1v) is 9.84. The Kier molecular flexibility index (Phi) is 7.06. The number of nitrogens with zero attached hydrogens (tertiary/aromatic N) is 3. The lowest BCUT2D eigenvalue weighted by molar-refractivity contribution is 0.475. The zero-order valence-electron chi connectivity index (χ0n) is 16.2. The number of aliphatic imine (C=N–C) groups is 1. The van der Waals surface area contributed by atoms with Gasteiger partial charge in [-0.3, -0.25) is 4.99 Å². The van der Waals surface area contributed by atoms with Crippen LogP contribution in [-0.4, -0.2) is 48.3 Å². The van der Waals surface area contributed by atoms with E-state index in [0.717, 1.165) is 38.3 Å². The summed E-state index contributed by atoms with van der Waals surface area (Å²) >= 11 is 0. The van der Waals surface area contributed by atoms with Crippen LogP contribution in [0.3, 0.4) is 0 Å². The summed E-state index contributed by atoms with van der Waals surface area (Å²) in [4.78, 5) is 10.8. The molecule has 1 aromatic carbocycles. The Labute approximate surface area is 165 Å². The number of aromatic nitrogens is 1. The van der Waals surface area contributed by atoms with Crippen molar-refractivity contribution >= 4 is 11.8 Å². The van der Waals surface area contributed by atoms with Crippen LogP contribution in [0.15, 0.2) is 47.6 Å². The number of pyridine rings is 1. The Morgan fingerprint density at radius 3 is 2.89 bits per heavy atom.